The van der Waals surface area contributed by atoms with Gasteiger partial charge in [0.2, 0.25) is 5.91 Å². The standard InChI is InChI=1S/C23H27N3O2/c1-15-13-18(11-12-20(15)25-22(27)23(3,4)5)24-14-19-16(2)26-28-21(19)17-9-7-6-8-10-17/h6-13,24H,14H2,1-5H3,(H,25,27). The predicted octanol–water partition coefficient (Wildman–Crippen LogP) is 5.56. The molecule has 0 aliphatic heterocycles. The fraction of sp³-hybridized carbons (Fsp3) is 0.304. The van der Waals surface area contributed by atoms with Gasteiger partial charge in [-0.3, -0.25) is 4.79 Å². The number of benzene rings is 2. The molecule has 5 heteroatoms. The summed E-state index contributed by atoms with van der Waals surface area (Å²) in [7, 11) is 0. The van der Waals surface area contributed by atoms with E-state index in [1.54, 1.807) is 0 Å². The fourth-order valence-corrected chi connectivity index (χ4v) is 2.83. The zero-order chi connectivity index (χ0) is 20.3. The second-order valence-corrected chi connectivity index (χ2v) is 8.03. The first-order valence-corrected chi connectivity index (χ1v) is 9.42. The number of aryl methyl sites for hydroxylation is 2. The van der Waals surface area contributed by atoms with Gasteiger partial charge in [0, 0.05) is 34.5 Å². The highest BCUT2D eigenvalue weighted by molar-refractivity contribution is 5.95. The van der Waals surface area contributed by atoms with E-state index in [1.165, 1.54) is 0 Å². The van der Waals surface area contributed by atoms with Gasteiger partial charge in [0.15, 0.2) is 5.76 Å². The van der Waals surface area contributed by atoms with E-state index in [0.717, 1.165) is 39.5 Å². The van der Waals surface area contributed by atoms with Crippen molar-refractivity contribution in [3.05, 3.63) is 65.4 Å². The Morgan fingerprint density at radius 2 is 1.79 bits per heavy atom. The summed E-state index contributed by atoms with van der Waals surface area (Å²) >= 11 is 0. The third-order valence-corrected chi connectivity index (χ3v) is 4.65. The van der Waals surface area contributed by atoms with E-state index < -0.39 is 5.41 Å². The first-order chi connectivity index (χ1) is 13.3. The summed E-state index contributed by atoms with van der Waals surface area (Å²) in [6.07, 6.45) is 0. The first kappa shape index (κ1) is 19.7. The van der Waals surface area contributed by atoms with Crippen molar-refractivity contribution >= 4 is 17.3 Å². The maximum atomic E-state index is 12.2. The lowest BCUT2D eigenvalue weighted by atomic mass is 9.95. The van der Waals surface area contributed by atoms with Gasteiger partial charge in [-0.05, 0) is 37.6 Å². The van der Waals surface area contributed by atoms with Gasteiger partial charge in [0.25, 0.3) is 0 Å². The summed E-state index contributed by atoms with van der Waals surface area (Å²) < 4.78 is 5.55. The monoisotopic (exact) mass is 377 g/mol. The Morgan fingerprint density at radius 3 is 2.43 bits per heavy atom. The minimum atomic E-state index is -0.428. The third-order valence-electron chi connectivity index (χ3n) is 4.65. The van der Waals surface area contributed by atoms with Crippen LogP contribution in [0.15, 0.2) is 53.1 Å². The molecule has 28 heavy (non-hydrogen) atoms. The van der Waals surface area contributed by atoms with Crippen molar-refractivity contribution in [3.8, 4) is 11.3 Å². The Kier molecular flexibility index (Phi) is 5.54. The number of anilines is 2. The van der Waals surface area contributed by atoms with Crippen LogP contribution in [0.4, 0.5) is 11.4 Å². The lowest BCUT2D eigenvalue weighted by Crippen LogP contribution is -2.27. The topological polar surface area (TPSA) is 67.2 Å². The molecule has 1 heterocycles. The van der Waals surface area contributed by atoms with E-state index in [2.05, 4.69) is 15.8 Å². The summed E-state index contributed by atoms with van der Waals surface area (Å²) in [6.45, 7) is 10.2. The molecule has 146 valence electrons. The normalized spacial score (nSPS) is 11.3. The number of hydrogen-bond donors (Lipinski definition) is 2. The van der Waals surface area contributed by atoms with E-state index in [0.29, 0.717) is 6.54 Å². The van der Waals surface area contributed by atoms with Crippen LogP contribution in [0.25, 0.3) is 11.3 Å². The van der Waals surface area contributed by atoms with Crippen LogP contribution in [0.3, 0.4) is 0 Å². The quantitative estimate of drug-likeness (QED) is 0.611. The van der Waals surface area contributed by atoms with Gasteiger partial charge in [0.05, 0.1) is 5.69 Å². The molecule has 0 radical (unpaired) electrons. The van der Waals surface area contributed by atoms with Crippen molar-refractivity contribution in [1.82, 2.24) is 5.16 Å². The Balaban J connectivity index is 1.73. The first-order valence-electron chi connectivity index (χ1n) is 9.42. The van der Waals surface area contributed by atoms with Crippen LogP contribution in [0.2, 0.25) is 0 Å². The highest BCUT2D eigenvalue weighted by atomic mass is 16.5. The Morgan fingerprint density at radius 1 is 1.07 bits per heavy atom. The average Bonchev–Trinajstić information content (AvgIpc) is 3.02. The molecule has 3 aromatic rings. The maximum Gasteiger partial charge on any atom is 0.229 e. The molecule has 2 N–H and O–H groups in total. The average molecular weight is 377 g/mol. The van der Waals surface area contributed by atoms with E-state index in [4.69, 9.17) is 4.52 Å². The van der Waals surface area contributed by atoms with E-state index >= 15 is 0 Å². The smallest absolute Gasteiger partial charge is 0.229 e. The number of aromatic nitrogens is 1. The Bertz CT molecular complexity index is 969. The lowest BCUT2D eigenvalue weighted by Gasteiger charge is -2.19. The Hall–Kier alpha value is -3.08. The second kappa shape index (κ2) is 7.89. The zero-order valence-corrected chi connectivity index (χ0v) is 17.1. The fourth-order valence-electron chi connectivity index (χ4n) is 2.83. The summed E-state index contributed by atoms with van der Waals surface area (Å²) in [5.41, 5.74) is 5.31. The lowest BCUT2D eigenvalue weighted by molar-refractivity contribution is -0.123. The number of carbonyl (C=O) groups is 1. The largest absolute Gasteiger partial charge is 0.381 e. The second-order valence-electron chi connectivity index (χ2n) is 8.03. The van der Waals surface area contributed by atoms with Crippen LogP contribution in [-0.2, 0) is 11.3 Å². The van der Waals surface area contributed by atoms with E-state index in [-0.39, 0.29) is 5.91 Å². The highest BCUT2D eigenvalue weighted by Crippen LogP contribution is 2.28. The van der Waals surface area contributed by atoms with Gasteiger partial charge in [-0.1, -0.05) is 56.3 Å². The number of nitrogens with zero attached hydrogens (tertiary/aromatic N) is 1. The molecule has 2 aromatic carbocycles. The highest BCUT2D eigenvalue weighted by Gasteiger charge is 2.21. The number of carbonyl (C=O) groups excluding carboxylic acids is 1. The van der Waals surface area contributed by atoms with Crippen molar-refractivity contribution in [2.75, 3.05) is 10.6 Å². The molecule has 0 saturated heterocycles. The molecule has 3 rings (SSSR count). The summed E-state index contributed by atoms with van der Waals surface area (Å²) in [4.78, 5) is 12.2. The molecule has 0 saturated carbocycles. The van der Waals surface area contributed by atoms with Crippen LogP contribution in [0, 0.1) is 19.3 Å². The van der Waals surface area contributed by atoms with Crippen molar-refractivity contribution in [2.24, 2.45) is 5.41 Å². The van der Waals surface area contributed by atoms with Crippen LogP contribution in [-0.4, -0.2) is 11.1 Å². The molecule has 0 aliphatic carbocycles. The van der Waals surface area contributed by atoms with Crippen LogP contribution >= 0.6 is 0 Å². The van der Waals surface area contributed by atoms with Gasteiger partial charge >= 0.3 is 0 Å². The van der Waals surface area contributed by atoms with Gasteiger partial charge in [-0.2, -0.15) is 0 Å². The number of rotatable bonds is 5. The van der Waals surface area contributed by atoms with Crippen molar-refractivity contribution in [3.63, 3.8) is 0 Å². The van der Waals surface area contributed by atoms with Gasteiger partial charge in [-0.25, -0.2) is 0 Å². The van der Waals surface area contributed by atoms with Crippen LogP contribution < -0.4 is 10.6 Å². The molecular formula is C23H27N3O2. The summed E-state index contributed by atoms with van der Waals surface area (Å²) in [5.74, 6) is 0.792. The molecule has 0 fully saturated rings. The number of amides is 1. The molecular weight excluding hydrogens is 350 g/mol. The maximum absolute atomic E-state index is 12.2. The number of nitrogens with one attached hydrogen (secondary N) is 2. The molecule has 1 amide bonds. The van der Waals surface area contributed by atoms with Crippen LogP contribution in [0.1, 0.15) is 37.6 Å². The zero-order valence-electron chi connectivity index (χ0n) is 17.1. The van der Waals surface area contributed by atoms with Gasteiger partial charge in [0.1, 0.15) is 0 Å². The van der Waals surface area contributed by atoms with E-state index in [9.17, 15) is 4.79 Å². The molecule has 0 spiro atoms. The third kappa shape index (κ3) is 4.42. The van der Waals surface area contributed by atoms with Crippen molar-refractivity contribution < 1.29 is 9.32 Å². The van der Waals surface area contributed by atoms with Gasteiger partial charge < -0.3 is 15.2 Å². The minimum Gasteiger partial charge on any atom is -0.381 e. The SMILES string of the molecule is Cc1cc(NCc2c(C)noc2-c2ccccc2)ccc1NC(=O)C(C)(C)C. The Labute approximate surface area is 166 Å². The van der Waals surface area contributed by atoms with Gasteiger partial charge in [-0.15, -0.1) is 0 Å². The molecule has 0 atom stereocenters. The molecule has 0 unspecified atom stereocenters. The van der Waals surface area contributed by atoms with Crippen molar-refractivity contribution in [1.29, 1.82) is 0 Å². The molecule has 0 aliphatic rings. The predicted molar refractivity (Wildman–Crippen MR) is 113 cm³/mol. The molecule has 1 aromatic heterocycles. The summed E-state index contributed by atoms with van der Waals surface area (Å²) in [5, 5.41) is 10.6. The van der Waals surface area contributed by atoms with Crippen molar-refractivity contribution in [2.45, 2.75) is 41.2 Å². The summed E-state index contributed by atoms with van der Waals surface area (Å²) in [6, 6.07) is 15.9. The minimum absolute atomic E-state index is 0.00362. The van der Waals surface area contributed by atoms with Crippen LogP contribution in [0.5, 0.6) is 0 Å². The molecule has 0 bridgehead atoms. The molecule has 5 nitrogen and oxygen atoms in total. The number of hydrogen-bond acceptors (Lipinski definition) is 4. The van der Waals surface area contributed by atoms with E-state index in [1.807, 2.05) is 83.1 Å².